The van der Waals surface area contributed by atoms with E-state index in [0.29, 0.717) is 0 Å². The fourth-order valence-electron chi connectivity index (χ4n) is 5.86. The zero-order valence-electron chi connectivity index (χ0n) is 23.9. The molecule has 3 aliphatic rings. The summed E-state index contributed by atoms with van der Waals surface area (Å²) >= 11 is 0. The van der Waals surface area contributed by atoms with Crippen molar-refractivity contribution in [3.8, 4) is 0 Å². The fourth-order valence-corrected chi connectivity index (χ4v) is 5.86. The first-order valence-electron chi connectivity index (χ1n) is 14.1. The van der Waals surface area contributed by atoms with Crippen LogP contribution in [-0.4, -0.2) is 193 Å². The van der Waals surface area contributed by atoms with Gasteiger partial charge in [-0.15, -0.1) is 0 Å². The molecule has 248 valence electrons. The second kappa shape index (κ2) is 17.2. The van der Waals surface area contributed by atoms with Crippen LogP contribution in [0.3, 0.4) is 0 Å². The van der Waals surface area contributed by atoms with Crippen molar-refractivity contribution in [2.75, 3.05) is 73.7 Å². The maximum atomic E-state index is 11.0. The lowest BCUT2D eigenvalue weighted by Gasteiger charge is -2.44. The number of aliphatic hydroxyl groups excluding tert-OH is 9. The molecule has 3 aliphatic heterocycles. The summed E-state index contributed by atoms with van der Waals surface area (Å²) in [6.07, 6.45) is -13.4. The number of rotatable bonds is 15. The van der Waals surface area contributed by atoms with Gasteiger partial charge in [0.2, 0.25) is 0 Å². The van der Waals surface area contributed by atoms with Gasteiger partial charge in [-0.05, 0) is 0 Å². The van der Waals surface area contributed by atoms with Crippen molar-refractivity contribution >= 4 is 0 Å². The summed E-state index contributed by atoms with van der Waals surface area (Å²) in [7, 11) is 2.84. The van der Waals surface area contributed by atoms with Gasteiger partial charge < -0.3 is 79.1 Å². The van der Waals surface area contributed by atoms with E-state index in [1.165, 1.54) is 14.2 Å². The molecular weight excluding hydrogens is 568 g/mol. The maximum Gasteiger partial charge on any atom is 0.110 e. The third-order valence-electron chi connectivity index (χ3n) is 8.40. The Morgan fingerprint density at radius 2 is 0.786 bits per heavy atom. The Kier molecular flexibility index (Phi) is 14.6. The lowest BCUT2D eigenvalue weighted by atomic mass is 9.86. The van der Waals surface area contributed by atoms with E-state index in [1.807, 2.05) is 0 Å². The van der Waals surface area contributed by atoms with E-state index in [0.717, 1.165) is 0 Å². The highest BCUT2D eigenvalue weighted by Crippen LogP contribution is 2.31. The lowest BCUT2D eigenvalue weighted by molar-refractivity contribution is -0.248. The Morgan fingerprint density at radius 1 is 0.405 bits per heavy atom. The molecule has 0 aromatic rings. The molecule has 15 atom stereocenters. The van der Waals surface area contributed by atoms with Gasteiger partial charge in [-0.3, -0.25) is 0 Å². The Morgan fingerprint density at radius 3 is 1.26 bits per heavy atom. The van der Waals surface area contributed by atoms with Crippen molar-refractivity contribution in [3.63, 3.8) is 0 Å². The van der Waals surface area contributed by atoms with Crippen LogP contribution in [0.15, 0.2) is 0 Å². The minimum atomic E-state index is -1.34. The van der Waals surface area contributed by atoms with E-state index in [1.54, 1.807) is 0 Å². The minimum Gasteiger partial charge on any atom is -0.394 e. The van der Waals surface area contributed by atoms with Crippen molar-refractivity contribution in [1.82, 2.24) is 0 Å². The van der Waals surface area contributed by atoms with Crippen molar-refractivity contribution in [2.45, 2.75) is 73.2 Å². The molecule has 0 aromatic heterocycles. The van der Waals surface area contributed by atoms with Crippen LogP contribution in [0.5, 0.6) is 0 Å². The minimum absolute atomic E-state index is 0.0154. The van der Waals surface area contributed by atoms with E-state index in [2.05, 4.69) is 0 Å². The second-order valence-corrected chi connectivity index (χ2v) is 11.1. The Hall–Kier alpha value is -0.640. The normalized spacial score (nSPS) is 44.8. The van der Waals surface area contributed by atoms with Crippen molar-refractivity contribution in [2.24, 2.45) is 17.8 Å². The SMILES string of the molecule is COC[C@@H]1OC(CO)[C@H](COC[C@@H]2OC(CO)[C@H](O)[C@H](COC[C@@H]3OC(CO)[C@H](COC)[C@H](O)C3O)C2O)[C@H](O)C1O. The summed E-state index contributed by atoms with van der Waals surface area (Å²) in [6, 6.07) is 0. The molecule has 0 bridgehead atoms. The quantitative estimate of drug-likeness (QED) is 0.0833. The van der Waals surface area contributed by atoms with Gasteiger partial charge in [-0.2, -0.15) is 0 Å². The summed E-state index contributed by atoms with van der Waals surface area (Å²) in [5.41, 5.74) is 0. The first-order chi connectivity index (χ1) is 20.1. The van der Waals surface area contributed by atoms with E-state index in [-0.39, 0.29) is 39.6 Å². The second-order valence-electron chi connectivity index (χ2n) is 11.1. The first kappa shape index (κ1) is 35.8. The predicted octanol–water partition coefficient (Wildman–Crippen LogP) is -5.39. The number of aliphatic hydroxyl groups is 9. The molecule has 6 unspecified atom stereocenters. The van der Waals surface area contributed by atoms with Crippen LogP contribution in [-0.2, 0) is 33.2 Å². The van der Waals surface area contributed by atoms with Gasteiger partial charge in [-0.1, -0.05) is 0 Å². The summed E-state index contributed by atoms with van der Waals surface area (Å²) in [5.74, 6) is -2.41. The Bertz CT molecular complexity index is 760. The molecule has 0 aromatic carbocycles. The number of hydrogen-bond donors (Lipinski definition) is 9. The number of hydrogen-bond acceptors (Lipinski definition) is 16. The van der Waals surface area contributed by atoms with Crippen LogP contribution in [0, 0.1) is 17.8 Å². The van der Waals surface area contributed by atoms with Gasteiger partial charge in [-0.25, -0.2) is 0 Å². The molecule has 0 aliphatic carbocycles. The molecule has 0 amide bonds. The van der Waals surface area contributed by atoms with Crippen LogP contribution in [0.1, 0.15) is 0 Å². The molecule has 9 N–H and O–H groups in total. The largest absolute Gasteiger partial charge is 0.394 e. The van der Waals surface area contributed by atoms with E-state index >= 15 is 0 Å². The summed E-state index contributed by atoms with van der Waals surface area (Å²) in [6.45, 7) is -2.21. The average molecular weight is 617 g/mol. The van der Waals surface area contributed by atoms with Gasteiger partial charge >= 0.3 is 0 Å². The van der Waals surface area contributed by atoms with Crippen LogP contribution >= 0.6 is 0 Å². The summed E-state index contributed by atoms with van der Waals surface area (Å²) in [4.78, 5) is 0. The molecule has 3 rings (SSSR count). The van der Waals surface area contributed by atoms with Gasteiger partial charge in [0, 0.05) is 32.0 Å². The van der Waals surface area contributed by atoms with Crippen LogP contribution in [0.2, 0.25) is 0 Å². The molecule has 0 saturated carbocycles. The van der Waals surface area contributed by atoms with Crippen LogP contribution in [0.4, 0.5) is 0 Å². The molecule has 42 heavy (non-hydrogen) atoms. The van der Waals surface area contributed by atoms with Gasteiger partial charge in [0.15, 0.2) is 0 Å². The first-order valence-corrected chi connectivity index (χ1v) is 14.1. The molecule has 0 spiro atoms. The van der Waals surface area contributed by atoms with E-state index in [4.69, 9.17) is 33.2 Å². The van der Waals surface area contributed by atoms with E-state index in [9.17, 15) is 46.0 Å². The monoisotopic (exact) mass is 616 g/mol. The molecule has 16 nitrogen and oxygen atoms in total. The standard InChI is InChI=1S/C26H48O16/c1-36-6-12-15(3-27)41-20(26(35)23(12)32)11-39-8-14-21(30)17(5-29)42-19(22(14)31)10-38-7-13-16(4-28)40-18(9-37-2)25(34)24(13)33/h12-35H,3-11H2,1-2H3/t12-,13-,14-,15?,16?,17?,18-,19-,20-,21+,22?,23-,24-,25?,26?/m0/s1. The summed E-state index contributed by atoms with van der Waals surface area (Å²) in [5, 5.41) is 92.8. The highest BCUT2D eigenvalue weighted by Gasteiger charge is 2.48. The predicted molar refractivity (Wildman–Crippen MR) is 139 cm³/mol. The number of ether oxygens (including phenoxy) is 7. The van der Waals surface area contributed by atoms with Gasteiger partial charge in [0.1, 0.15) is 36.6 Å². The van der Waals surface area contributed by atoms with Gasteiger partial charge in [0.25, 0.3) is 0 Å². The third kappa shape index (κ3) is 8.33. The third-order valence-corrected chi connectivity index (χ3v) is 8.40. The Labute approximate surface area is 244 Å². The topological polar surface area (TPSA) is 247 Å². The van der Waals surface area contributed by atoms with Crippen molar-refractivity contribution in [3.05, 3.63) is 0 Å². The fraction of sp³-hybridized carbons (Fsp3) is 1.00. The van der Waals surface area contributed by atoms with Gasteiger partial charge in [0.05, 0.1) is 96.1 Å². The molecule has 0 radical (unpaired) electrons. The highest BCUT2D eigenvalue weighted by molar-refractivity contribution is 4.95. The van der Waals surface area contributed by atoms with Crippen LogP contribution < -0.4 is 0 Å². The molecule has 3 fully saturated rings. The molecular formula is C26H48O16. The summed E-state index contributed by atoms with van der Waals surface area (Å²) < 4.78 is 38.4. The van der Waals surface area contributed by atoms with Crippen LogP contribution in [0.25, 0.3) is 0 Å². The lowest BCUT2D eigenvalue weighted by Crippen LogP contribution is -2.59. The average Bonchev–Trinajstić information content (AvgIpc) is 2.98. The highest BCUT2D eigenvalue weighted by atomic mass is 16.6. The zero-order chi connectivity index (χ0) is 31.0. The van der Waals surface area contributed by atoms with E-state index < -0.39 is 111 Å². The molecule has 16 heteroatoms. The Balaban J connectivity index is 1.55. The molecule has 3 heterocycles. The van der Waals surface area contributed by atoms with Crippen molar-refractivity contribution < 1.29 is 79.1 Å². The molecule has 3 saturated heterocycles. The zero-order valence-corrected chi connectivity index (χ0v) is 23.9. The smallest absolute Gasteiger partial charge is 0.110 e. The number of methoxy groups -OCH3 is 2. The maximum absolute atomic E-state index is 11.0. The van der Waals surface area contributed by atoms with Crippen molar-refractivity contribution in [1.29, 1.82) is 0 Å².